The van der Waals surface area contributed by atoms with Crippen LogP contribution in [0.15, 0.2) is 41.0 Å². The molecule has 0 fully saturated rings. The van der Waals surface area contributed by atoms with Crippen LogP contribution in [0.3, 0.4) is 0 Å². The zero-order valence-corrected chi connectivity index (χ0v) is 11.2. The normalized spacial score (nSPS) is 10.1. The summed E-state index contributed by atoms with van der Waals surface area (Å²) in [6.07, 6.45) is 1.13. The third-order valence-electron chi connectivity index (χ3n) is 2.04. The van der Waals surface area contributed by atoms with Gasteiger partial charge in [-0.25, -0.2) is 4.98 Å². The fourth-order valence-corrected chi connectivity index (χ4v) is 1.92. The quantitative estimate of drug-likeness (QED) is 0.625. The first kappa shape index (κ1) is 12.8. The van der Waals surface area contributed by atoms with Crippen molar-refractivity contribution in [3.63, 3.8) is 0 Å². The molecule has 0 aliphatic rings. The van der Waals surface area contributed by atoms with Crippen molar-refractivity contribution in [1.82, 2.24) is 4.98 Å². The highest BCUT2D eigenvalue weighted by molar-refractivity contribution is 9.10. The Morgan fingerprint density at radius 1 is 1.33 bits per heavy atom. The molecule has 0 atom stereocenters. The van der Waals surface area contributed by atoms with E-state index < -0.39 is 4.92 Å². The fraction of sp³-hybridized carbons (Fsp3) is 0. The maximum Gasteiger partial charge on any atom is 0.287 e. The number of benzene rings is 1. The minimum Gasteiger partial charge on any atom is -0.437 e. The first-order chi connectivity index (χ1) is 8.56. The number of ether oxygens (including phenoxy) is 1. The van der Waals surface area contributed by atoms with Crippen molar-refractivity contribution in [3.8, 4) is 11.6 Å². The van der Waals surface area contributed by atoms with E-state index in [1.165, 1.54) is 12.1 Å². The molecule has 7 heteroatoms. The minimum absolute atomic E-state index is 0.0933. The van der Waals surface area contributed by atoms with Gasteiger partial charge >= 0.3 is 0 Å². The van der Waals surface area contributed by atoms with Crippen LogP contribution in [0.5, 0.6) is 11.6 Å². The number of nitro groups is 1. The summed E-state index contributed by atoms with van der Waals surface area (Å²) in [6.45, 7) is 0. The Balaban J connectivity index is 2.21. The van der Waals surface area contributed by atoms with E-state index in [1.807, 2.05) is 0 Å². The van der Waals surface area contributed by atoms with Gasteiger partial charge in [0.15, 0.2) is 0 Å². The molecule has 0 saturated carbocycles. The highest BCUT2D eigenvalue weighted by Crippen LogP contribution is 2.31. The number of halogens is 2. The molecule has 0 spiro atoms. The predicted molar refractivity (Wildman–Crippen MR) is 70.1 cm³/mol. The van der Waals surface area contributed by atoms with Gasteiger partial charge in [-0.1, -0.05) is 27.5 Å². The van der Waals surface area contributed by atoms with Gasteiger partial charge in [0.1, 0.15) is 11.9 Å². The molecule has 0 radical (unpaired) electrons. The number of rotatable bonds is 3. The summed E-state index contributed by atoms with van der Waals surface area (Å²) in [5.41, 5.74) is -0.0933. The van der Waals surface area contributed by atoms with E-state index in [0.717, 1.165) is 10.7 Å². The Morgan fingerprint density at radius 3 is 2.67 bits per heavy atom. The van der Waals surface area contributed by atoms with Gasteiger partial charge < -0.3 is 4.74 Å². The monoisotopic (exact) mass is 328 g/mol. The second-order valence-corrected chi connectivity index (χ2v) is 4.61. The van der Waals surface area contributed by atoms with Crippen molar-refractivity contribution in [1.29, 1.82) is 0 Å². The molecule has 0 aliphatic carbocycles. The third kappa shape index (κ3) is 2.96. The lowest BCUT2D eigenvalue weighted by Crippen LogP contribution is -1.91. The van der Waals surface area contributed by atoms with Crippen LogP contribution < -0.4 is 4.74 Å². The second kappa shape index (κ2) is 5.32. The average Bonchev–Trinajstić information content (AvgIpc) is 2.33. The van der Waals surface area contributed by atoms with Gasteiger partial charge in [0.05, 0.1) is 9.95 Å². The summed E-state index contributed by atoms with van der Waals surface area (Å²) in [5, 5.41) is 10.9. The lowest BCUT2D eigenvalue weighted by atomic mass is 10.3. The minimum atomic E-state index is -0.524. The Hall–Kier alpha value is -1.66. The number of pyridine rings is 1. The zero-order chi connectivity index (χ0) is 13.1. The molecule has 1 aromatic heterocycles. The van der Waals surface area contributed by atoms with Gasteiger partial charge in [-0.15, -0.1) is 0 Å². The van der Waals surface area contributed by atoms with E-state index in [4.69, 9.17) is 16.3 Å². The number of nitrogens with zero attached hydrogens (tertiary/aromatic N) is 2. The molecule has 1 aromatic carbocycles. The SMILES string of the molecule is O=[N+]([O-])c1ccc(Oc2ccc(Br)cc2Cl)nc1. The van der Waals surface area contributed by atoms with E-state index in [0.29, 0.717) is 10.8 Å². The van der Waals surface area contributed by atoms with E-state index in [9.17, 15) is 10.1 Å². The van der Waals surface area contributed by atoms with Crippen molar-refractivity contribution >= 4 is 33.2 Å². The fourth-order valence-electron chi connectivity index (χ4n) is 1.21. The van der Waals surface area contributed by atoms with Crippen LogP contribution in [0.1, 0.15) is 0 Å². The summed E-state index contributed by atoms with van der Waals surface area (Å²) in [5.74, 6) is 0.672. The average molecular weight is 330 g/mol. The molecule has 2 rings (SSSR count). The van der Waals surface area contributed by atoms with Crippen LogP contribution in [-0.2, 0) is 0 Å². The van der Waals surface area contributed by atoms with Crippen molar-refractivity contribution in [2.24, 2.45) is 0 Å². The summed E-state index contributed by atoms with van der Waals surface area (Å²) < 4.78 is 6.24. The van der Waals surface area contributed by atoms with Crippen molar-refractivity contribution in [2.45, 2.75) is 0 Å². The third-order valence-corrected chi connectivity index (χ3v) is 2.83. The summed E-state index contributed by atoms with van der Waals surface area (Å²) in [7, 11) is 0. The molecule has 0 N–H and O–H groups in total. The van der Waals surface area contributed by atoms with Crippen LogP contribution in [0.25, 0.3) is 0 Å². The first-order valence-electron chi connectivity index (χ1n) is 4.79. The Bertz CT molecular complexity index is 589. The largest absolute Gasteiger partial charge is 0.437 e. The molecule has 2 aromatic rings. The second-order valence-electron chi connectivity index (χ2n) is 3.29. The van der Waals surface area contributed by atoms with Gasteiger partial charge in [-0.3, -0.25) is 10.1 Å². The lowest BCUT2D eigenvalue weighted by Gasteiger charge is -2.06. The Labute approximate surface area is 116 Å². The van der Waals surface area contributed by atoms with Crippen LogP contribution in [0, 0.1) is 10.1 Å². The van der Waals surface area contributed by atoms with Crippen molar-refractivity contribution in [3.05, 3.63) is 56.1 Å². The van der Waals surface area contributed by atoms with Gasteiger partial charge in [0.2, 0.25) is 5.88 Å². The Kier molecular flexibility index (Phi) is 3.78. The van der Waals surface area contributed by atoms with E-state index >= 15 is 0 Å². The maximum atomic E-state index is 10.5. The van der Waals surface area contributed by atoms with Gasteiger partial charge in [0, 0.05) is 16.6 Å². The molecule has 18 heavy (non-hydrogen) atoms. The van der Waals surface area contributed by atoms with Crippen LogP contribution in [0.2, 0.25) is 5.02 Å². The maximum absolute atomic E-state index is 10.5. The van der Waals surface area contributed by atoms with Crippen LogP contribution in [-0.4, -0.2) is 9.91 Å². The highest BCUT2D eigenvalue weighted by atomic mass is 79.9. The van der Waals surface area contributed by atoms with Gasteiger partial charge in [-0.2, -0.15) is 0 Å². The number of hydrogen-bond acceptors (Lipinski definition) is 4. The van der Waals surface area contributed by atoms with Crippen LogP contribution >= 0.6 is 27.5 Å². The molecule has 0 aliphatic heterocycles. The Morgan fingerprint density at radius 2 is 2.11 bits per heavy atom. The molecular formula is C11H6BrClN2O3. The van der Waals surface area contributed by atoms with Crippen molar-refractivity contribution in [2.75, 3.05) is 0 Å². The smallest absolute Gasteiger partial charge is 0.287 e. The number of aromatic nitrogens is 1. The summed E-state index contributed by atoms with van der Waals surface area (Å²) in [6, 6.07) is 7.86. The first-order valence-corrected chi connectivity index (χ1v) is 5.97. The zero-order valence-electron chi connectivity index (χ0n) is 8.84. The van der Waals surface area contributed by atoms with E-state index in [1.54, 1.807) is 18.2 Å². The van der Waals surface area contributed by atoms with Crippen LogP contribution in [0.4, 0.5) is 5.69 Å². The number of hydrogen-bond donors (Lipinski definition) is 0. The van der Waals surface area contributed by atoms with Gasteiger partial charge in [0.25, 0.3) is 5.69 Å². The molecule has 5 nitrogen and oxygen atoms in total. The highest BCUT2D eigenvalue weighted by Gasteiger charge is 2.08. The van der Waals surface area contributed by atoms with E-state index in [2.05, 4.69) is 20.9 Å². The van der Waals surface area contributed by atoms with Gasteiger partial charge in [-0.05, 0) is 18.2 Å². The molecule has 92 valence electrons. The molecular weight excluding hydrogens is 323 g/mol. The van der Waals surface area contributed by atoms with E-state index in [-0.39, 0.29) is 11.6 Å². The topological polar surface area (TPSA) is 65.3 Å². The molecule has 0 unspecified atom stereocenters. The molecule has 0 amide bonds. The predicted octanol–water partition coefficient (Wildman–Crippen LogP) is 4.20. The standard InChI is InChI=1S/C11H6BrClN2O3/c12-7-1-3-10(9(13)5-7)18-11-4-2-8(6-14-11)15(16)17/h1-6H. The van der Waals surface area contributed by atoms with Crippen molar-refractivity contribution < 1.29 is 9.66 Å². The molecule has 1 heterocycles. The molecule has 0 bridgehead atoms. The molecule has 0 saturated heterocycles. The lowest BCUT2D eigenvalue weighted by molar-refractivity contribution is -0.385. The summed E-state index contributed by atoms with van der Waals surface area (Å²) >= 11 is 9.25. The summed E-state index contributed by atoms with van der Waals surface area (Å²) in [4.78, 5) is 13.8.